The van der Waals surface area contributed by atoms with Crippen LogP contribution in [-0.2, 0) is 22.0 Å². The van der Waals surface area contributed by atoms with Crippen molar-refractivity contribution in [2.45, 2.75) is 19.9 Å². The lowest BCUT2D eigenvalue weighted by molar-refractivity contribution is -0.138. The summed E-state index contributed by atoms with van der Waals surface area (Å²) < 4.78 is 63.2. The van der Waals surface area contributed by atoms with Crippen LogP contribution in [0.4, 0.5) is 13.2 Å². The third-order valence-electron chi connectivity index (χ3n) is 3.87. The molecule has 0 unspecified atom stereocenters. The average Bonchev–Trinajstić information content (AvgIpc) is 3.05. The minimum absolute atomic E-state index is 0.00535. The molecule has 1 heterocycles. The molecule has 0 aliphatic rings. The molecule has 1 amide bonds. The standard InChI is InChI=1S/C14H15F3N4O4S/c1-14(7-26(24)25,13(22)19-23)4-5-21-6-10(18-20-21)8-2-3-9(15)12(17)11(8)16/h2-3,6,23,26H,4-5,7H2,1H3,(H,19,22)/t14-/m0/s1. The number of hydroxylamine groups is 1. The van der Waals surface area contributed by atoms with Crippen molar-refractivity contribution < 1.29 is 31.6 Å². The summed E-state index contributed by atoms with van der Waals surface area (Å²) in [6, 6.07) is 1.76. The quantitative estimate of drug-likeness (QED) is 0.279. The molecule has 2 aromatic rings. The number of aryl methyl sites for hydroxylation is 1. The van der Waals surface area contributed by atoms with Crippen LogP contribution >= 0.6 is 0 Å². The van der Waals surface area contributed by atoms with Crippen molar-refractivity contribution in [2.24, 2.45) is 5.41 Å². The molecule has 0 fully saturated rings. The summed E-state index contributed by atoms with van der Waals surface area (Å²) in [5, 5.41) is 16.1. The van der Waals surface area contributed by atoms with E-state index >= 15 is 0 Å². The number of nitrogens with zero attached hydrogens (tertiary/aromatic N) is 3. The zero-order valence-electron chi connectivity index (χ0n) is 13.4. The highest BCUT2D eigenvalue weighted by Gasteiger charge is 2.34. The highest BCUT2D eigenvalue weighted by Crippen LogP contribution is 2.26. The van der Waals surface area contributed by atoms with E-state index in [9.17, 15) is 26.4 Å². The van der Waals surface area contributed by atoms with Crippen LogP contribution in [0.3, 0.4) is 0 Å². The molecule has 26 heavy (non-hydrogen) atoms. The van der Waals surface area contributed by atoms with Gasteiger partial charge in [-0.3, -0.25) is 14.7 Å². The first-order valence-electron chi connectivity index (χ1n) is 7.28. The van der Waals surface area contributed by atoms with Gasteiger partial charge in [0.05, 0.1) is 17.4 Å². The second-order valence-corrected chi connectivity index (χ2v) is 6.81. The second-order valence-electron chi connectivity index (χ2n) is 5.83. The van der Waals surface area contributed by atoms with E-state index < -0.39 is 45.2 Å². The van der Waals surface area contributed by atoms with Gasteiger partial charge in [0.1, 0.15) is 16.4 Å². The van der Waals surface area contributed by atoms with Crippen molar-refractivity contribution in [3.63, 3.8) is 0 Å². The van der Waals surface area contributed by atoms with Crippen molar-refractivity contribution in [2.75, 3.05) is 5.75 Å². The Morgan fingerprint density at radius 1 is 1.31 bits per heavy atom. The van der Waals surface area contributed by atoms with Crippen LogP contribution < -0.4 is 5.48 Å². The zero-order chi connectivity index (χ0) is 19.5. The van der Waals surface area contributed by atoms with Gasteiger partial charge in [0.25, 0.3) is 0 Å². The monoisotopic (exact) mass is 392 g/mol. The number of rotatable bonds is 7. The first kappa shape index (κ1) is 19.8. The van der Waals surface area contributed by atoms with Crippen molar-refractivity contribution in [3.05, 3.63) is 35.8 Å². The maximum Gasteiger partial charge on any atom is 0.250 e. The molecule has 1 atom stereocenters. The normalized spacial score (nSPS) is 13.6. The molecule has 0 spiro atoms. The topological polar surface area (TPSA) is 114 Å². The van der Waals surface area contributed by atoms with E-state index in [1.54, 1.807) is 0 Å². The number of hydrogen-bond acceptors (Lipinski definition) is 6. The first-order chi connectivity index (χ1) is 12.2. The lowest BCUT2D eigenvalue weighted by Crippen LogP contribution is -2.41. The van der Waals surface area contributed by atoms with E-state index in [0.29, 0.717) is 0 Å². The van der Waals surface area contributed by atoms with Crippen LogP contribution in [0.1, 0.15) is 13.3 Å². The number of aromatic nitrogens is 3. The van der Waals surface area contributed by atoms with Crippen molar-refractivity contribution in [3.8, 4) is 11.3 Å². The molecule has 0 aliphatic heterocycles. The minimum atomic E-state index is -2.89. The number of carbonyl (C=O) groups is 1. The number of halogens is 3. The van der Waals surface area contributed by atoms with E-state index in [-0.39, 0.29) is 24.2 Å². The molecular weight excluding hydrogens is 377 g/mol. The van der Waals surface area contributed by atoms with Crippen LogP contribution in [0.25, 0.3) is 11.3 Å². The smallest absolute Gasteiger partial charge is 0.250 e. The maximum atomic E-state index is 13.8. The highest BCUT2D eigenvalue weighted by molar-refractivity contribution is 7.72. The molecular formula is C14H15F3N4O4S. The van der Waals surface area contributed by atoms with Gasteiger partial charge >= 0.3 is 0 Å². The lowest BCUT2D eigenvalue weighted by Gasteiger charge is -2.24. The summed E-state index contributed by atoms with van der Waals surface area (Å²) in [7, 11) is -2.89. The van der Waals surface area contributed by atoms with Gasteiger partial charge in [-0.15, -0.1) is 5.10 Å². The average molecular weight is 392 g/mol. The summed E-state index contributed by atoms with van der Waals surface area (Å²) >= 11 is 0. The van der Waals surface area contributed by atoms with E-state index in [1.807, 2.05) is 0 Å². The van der Waals surface area contributed by atoms with Gasteiger partial charge in [-0.25, -0.2) is 27.1 Å². The van der Waals surface area contributed by atoms with Gasteiger partial charge in [-0.05, 0) is 25.5 Å². The number of thiol groups is 1. The van der Waals surface area contributed by atoms with Crippen LogP contribution in [-0.4, -0.2) is 40.3 Å². The molecule has 0 bridgehead atoms. The molecule has 2 N–H and O–H groups in total. The fourth-order valence-electron chi connectivity index (χ4n) is 2.30. The van der Waals surface area contributed by atoms with Gasteiger partial charge in [-0.2, -0.15) is 0 Å². The Hall–Kier alpha value is -2.47. The molecule has 1 aromatic carbocycles. The lowest BCUT2D eigenvalue weighted by atomic mass is 9.88. The molecule has 0 aliphatic carbocycles. The third-order valence-corrected chi connectivity index (χ3v) is 4.83. The summed E-state index contributed by atoms with van der Waals surface area (Å²) in [6.45, 7) is 1.35. The van der Waals surface area contributed by atoms with Crippen molar-refractivity contribution in [1.82, 2.24) is 20.5 Å². The number of amides is 1. The van der Waals surface area contributed by atoms with E-state index in [4.69, 9.17) is 5.21 Å². The Kier molecular flexibility index (Phi) is 5.97. The van der Waals surface area contributed by atoms with Gasteiger partial charge < -0.3 is 0 Å². The molecule has 1 aromatic heterocycles. The van der Waals surface area contributed by atoms with E-state index in [0.717, 1.165) is 12.1 Å². The SMILES string of the molecule is C[C@](CCn1cc(-c2ccc(F)c(F)c2F)nn1)(C[SH](=O)=O)C(=O)NO. The number of benzene rings is 1. The van der Waals surface area contributed by atoms with E-state index in [1.165, 1.54) is 23.3 Å². The Morgan fingerprint density at radius 2 is 2.00 bits per heavy atom. The fraction of sp³-hybridized carbons (Fsp3) is 0.357. The van der Waals surface area contributed by atoms with Crippen LogP contribution in [0.15, 0.2) is 18.3 Å². The maximum absolute atomic E-state index is 13.8. The molecule has 142 valence electrons. The molecule has 2 rings (SSSR count). The van der Waals surface area contributed by atoms with Crippen LogP contribution in [0.5, 0.6) is 0 Å². The van der Waals surface area contributed by atoms with Gasteiger partial charge in [-0.1, -0.05) is 5.21 Å². The Labute approximate surface area is 147 Å². The Balaban J connectivity index is 2.20. The summed E-state index contributed by atoms with van der Waals surface area (Å²) in [5.74, 6) is -5.78. The molecule has 0 saturated heterocycles. The third kappa shape index (κ3) is 4.19. The molecule has 0 saturated carbocycles. The van der Waals surface area contributed by atoms with Gasteiger partial charge in [0.15, 0.2) is 17.5 Å². The summed E-state index contributed by atoms with van der Waals surface area (Å²) in [6.07, 6.45) is 1.20. The van der Waals surface area contributed by atoms with Crippen LogP contribution in [0.2, 0.25) is 0 Å². The number of hydrogen-bond donors (Lipinski definition) is 3. The van der Waals surface area contributed by atoms with Crippen molar-refractivity contribution in [1.29, 1.82) is 0 Å². The molecule has 0 radical (unpaired) electrons. The predicted molar refractivity (Wildman–Crippen MR) is 83.2 cm³/mol. The Morgan fingerprint density at radius 3 is 2.62 bits per heavy atom. The Bertz CT molecular complexity index is 894. The van der Waals surface area contributed by atoms with E-state index in [2.05, 4.69) is 10.3 Å². The zero-order valence-corrected chi connectivity index (χ0v) is 14.3. The largest absolute Gasteiger partial charge is 0.289 e. The minimum Gasteiger partial charge on any atom is -0.289 e. The van der Waals surface area contributed by atoms with Crippen molar-refractivity contribution >= 4 is 16.6 Å². The highest BCUT2D eigenvalue weighted by atomic mass is 32.2. The van der Waals surface area contributed by atoms with Crippen LogP contribution in [0, 0.1) is 22.9 Å². The fourth-order valence-corrected chi connectivity index (χ4v) is 3.17. The molecule has 8 nitrogen and oxygen atoms in total. The second kappa shape index (κ2) is 7.83. The summed E-state index contributed by atoms with van der Waals surface area (Å²) in [4.78, 5) is 11.7. The predicted octanol–water partition coefficient (Wildman–Crippen LogP) is 0.876. The summed E-state index contributed by atoms with van der Waals surface area (Å²) in [5.41, 5.74) is -0.371. The van der Waals surface area contributed by atoms with Gasteiger partial charge in [0, 0.05) is 12.1 Å². The first-order valence-corrected chi connectivity index (χ1v) is 8.64. The number of nitrogens with one attached hydrogen (secondary N) is 1. The van der Waals surface area contributed by atoms with Gasteiger partial charge in [0.2, 0.25) is 5.91 Å². The number of carbonyl (C=O) groups excluding carboxylic acids is 1. The molecule has 12 heteroatoms.